The molecule has 0 saturated carbocycles. The predicted octanol–water partition coefficient (Wildman–Crippen LogP) is 5.69. The molecule has 0 radical (unpaired) electrons. The number of piperidine rings is 1. The highest BCUT2D eigenvalue weighted by Crippen LogP contribution is 2.33. The molecule has 0 spiro atoms. The number of nitrogens with zero attached hydrogens (tertiary/aromatic N) is 5. The number of nitrogens with two attached hydrogens (primary N) is 1. The van der Waals surface area contributed by atoms with Gasteiger partial charge >= 0.3 is 0 Å². The highest BCUT2D eigenvalue weighted by molar-refractivity contribution is 6.05. The maximum Gasteiger partial charge on any atom is 0.284 e. The Balaban J connectivity index is 0.938. The summed E-state index contributed by atoms with van der Waals surface area (Å²) in [4.78, 5) is 64.7. The lowest BCUT2D eigenvalue weighted by molar-refractivity contribution is -0.136. The van der Waals surface area contributed by atoms with Crippen molar-refractivity contribution in [3.8, 4) is 17.0 Å². The van der Waals surface area contributed by atoms with Crippen molar-refractivity contribution >= 4 is 40.8 Å². The molecule has 2 aromatic carbocycles. The lowest BCUT2D eigenvalue weighted by Gasteiger charge is -2.36. The van der Waals surface area contributed by atoms with E-state index >= 15 is 0 Å². The SMILES string of the molecule is CC(C)C[C@](C)(N)COc1ccc(-c2ccnc(Nc3ccc(C(=O)N4CCN(c5ccc6c(c5)CN(C5CCC(=O)NC5=O)C6=O)CC4)cc3)c2)nc1C(F)F. The van der Waals surface area contributed by atoms with Crippen molar-refractivity contribution in [1.82, 2.24) is 25.1 Å². The molecule has 0 aliphatic carbocycles. The fourth-order valence-electron chi connectivity index (χ4n) is 7.75. The van der Waals surface area contributed by atoms with Gasteiger partial charge in [-0.15, -0.1) is 0 Å². The van der Waals surface area contributed by atoms with Gasteiger partial charge in [-0.25, -0.2) is 18.7 Å². The van der Waals surface area contributed by atoms with Crippen molar-refractivity contribution in [2.24, 2.45) is 11.7 Å². The van der Waals surface area contributed by atoms with Gasteiger partial charge in [-0.3, -0.25) is 24.5 Å². The monoisotopic (exact) mass is 780 g/mol. The molecule has 4 aromatic rings. The van der Waals surface area contributed by atoms with Crippen LogP contribution in [0.2, 0.25) is 0 Å². The smallest absolute Gasteiger partial charge is 0.284 e. The Morgan fingerprint density at radius 2 is 1.77 bits per heavy atom. The van der Waals surface area contributed by atoms with E-state index in [1.807, 2.05) is 37.8 Å². The number of imide groups is 1. The van der Waals surface area contributed by atoms with Gasteiger partial charge in [0.2, 0.25) is 11.8 Å². The molecule has 0 bridgehead atoms. The van der Waals surface area contributed by atoms with E-state index in [1.165, 1.54) is 11.0 Å². The summed E-state index contributed by atoms with van der Waals surface area (Å²) < 4.78 is 33.9. The molecule has 2 saturated heterocycles. The standard InChI is InChI=1S/C42H46F2N8O5/c1-25(2)22-42(3,45)24-57-34-12-10-32(48-37(34)38(43)44)27-14-15-46-35(21-27)47-29-6-4-26(5-7-29)40(55)51-18-16-50(17-19-51)30-8-9-31-28(20-30)23-52(41(31)56)33-11-13-36(53)49-39(33)54/h4-10,12,14-15,20-21,25,33,38H,11,13,16-19,22-24,45H2,1-3H3,(H,46,47)(H,49,53,54)/t33?,42-/m0/s1. The second-order valence-corrected chi connectivity index (χ2v) is 15.6. The number of ether oxygens (including phenoxy) is 1. The molecule has 298 valence electrons. The third-order valence-electron chi connectivity index (χ3n) is 10.4. The molecule has 15 heteroatoms. The number of aromatic nitrogens is 2. The Kier molecular flexibility index (Phi) is 11.2. The highest BCUT2D eigenvalue weighted by Gasteiger charge is 2.39. The Bertz CT molecular complexity index is 2170. The van der Waals surface area contributed by atoms with Crippen LogP contribution in [0.3, 0.4) is 0 Å². The number of anilines is 3. The van der Waals surface area contributed by atoms with Gasteiger partial charge in [0.05, 0.1) is 5.69 Å². The Morgan fingerprint density at radius 1 is 1.02 bits per heavy atom. The quantitative estimate of drug-likeness (QED) is 0.152. The third-order valence-corrected chi connectivity index (χ3v) is 10.4. The molecule has 2 fully saturated rings. The summed E-state index contributed by atoms with van der Waals surface area (Å²) in [6, 6.07) is 18.6. The van der Waals surface area contributed by atoms with Gasteiger partial charge in [0.1, 0.15) is 29.9 Å². The van der Waals surface area contributed by atoms with E-state index in [9.17, 15) is 28.0 Å². The van der Waals surface area contributed by atoms with Gasteiger partial charge in [-0.05, 0) is 98.0 Å². The number of benzene rings is 2. The molecular formula is C42H46F2N8O5. The van der Waals surface area contributed by atoms with Crippen molar-refractivity contribution in [2.75, 3.05) is 43.0 Å². The summed E-state index contributed by atoms with van der Waals surface area (Å²) in [5, 5.41) is 5.55. The molecule has 2 aromatic heterocycles. The first-order valence-corrected chi connectivity index (χ1v) is 19.1. The van der Waals surface area contributed by atoms with Crippen LogP contribution in [0.5, 0.6) is 5.75 Å². The largest absolute Gasteiger partial charge is 0.490 e. The number of amides is 4. The molecule has 3 aliphatic rings. The second-order valence-electron chi connectivity index (χ2n) is 15.6. The number of carbonyl (C=O) groups excluding carboxylic acids is 4. The molecule has 4 N–H and O–H groups in total. The maximum atomic E-state index is 14.1. The van der Waals surface area contributed by atoms with Crippen LogP contribution in [0.15, 0.2) is 72.9 Å². The number of piperazine rings is 1. The molecular weight excluding hydrogens is 735 g/mol. The average molecular weight is 781 g/mol. The zero-order valence-corrected chi connectivity index (χ0v) is 32.1. The number of alkyl halides is 2. The first-order chi connectivity index (χ1) is 27.2. The van der Waals surface area contributed by atoms with Crippen molar-refractivity contribution in [1.29, 1.82) is 0 Å². The average Bonchev–Trinajstić information content (AvgIpc) is 3.51. The van der Waals surface area contributed by atoms with Gasteiger partial charge in [-0.2, -0.15) is 0 Å². The Morgan fingerprint density at radius 3 is 2.47 bits per heavy atom. The van der Waals surface area contributed by atoms with Crippen LogP contribution in [0.4, 0.5) is 26.0 Å². The summed E-state index contributed by atoms with van der Waals surface area (Å²) in [6.45, 7) is 8.52. The summed E-state index contributed by atoms with van der Waals surface area (Å²) in [5.74, 6) is -0.272. The minimum absolute atomic E-state index is 0.00230. The lowest BCUT2D eigenvalue weighted by atomic mass is 9.93. The minimum atomic E-state index is -2.85. The van der Waals surface area contributed by atoms with Crippen LogP contribution in [0.25, 0.3) is 11.3 Å². The second kappa shape index (κ2) is 16.3. The molecule has 5 heterocycles. The molecule has 7 rings (SSSR count). The van der Waals surface area contributed by atoms with Gasteiger partial charge in [-0.1, -0.05) is 13.8 Å². The first kappa shape index (κ1) is 39.3. The molecule has 3 aliphatic heterocycles. The van der Waals surface area contributed by atoms with Crippen LogP contribution in [0, 0.1) is 5.92 Å². The van der Waals surface area contributed by atoms with Crippen molar-refractivity contribution in [3.63, 3.8) is 0 Å². The number of hydrogen-bond acceptors (Lipinski definition) is 10. The Labute approximate surface area is 329 Å². The van der Waals surface area contributed by atoms with Crippen LogP contribution in [-0.4, -0.2) is 87.8 Å². The first-order valence-electron chi connectivity index (χ1n) is 19.1. The summed E-state index contributed by atoms with van der Waals surface area (Å²) in [6.07, 6.45) is -0.0988. The van der Waals surface area contributed by atoms with Crippen LogP contribution >= 0.6 is 0 Å². The number of pyridine rings is 2. The van der Waals surface area contributed by atoms with Gasteiger partial charge in [0, 0.05) is 78.9 Å². The topological polar surface area (TPSA) is 163 Å². The predicted molar refractivity (Wildman–Crippen MR) is 210 cm³/mol. The number of carbonyl (C=O) groups is 4. The van der Waals surface area contributed by atoms with Crippen molar-refractivity contribution < 1.29 is 32.7 Å². The maximum absolute atomic E-state index is 14.1. The fraction of sp³-hybridized carbons (Fsp3) is 0.381. The molecule has 4 amide bonds. The van der Waals surface area contributed by atoms with E-state index in [1.54, 1.807) is 54.7 Å². The van der Waals surface area contributed by atoms with E-state index in [-0.39, 0.29) is 36.5 Å². The molecule has 2 atom stereocenters. The zero-order valence-electron chi connectivity index (χ0n) is 32.1. The highest BCUT2D eigenvalue weighted by atomic mass is 19.3. The number of rotatable bonds is 12. The summed E-state index contributed by atoms with van der Waals surface area (Å²) in [5.41, 5.74) is 9.66. The fourth-order valence-corrected chi connectivity index (χ4v) is 7.75. The lowest BCUT2D eigenvalue weighted by Crippen LogP contribution is -2.52. The third kappa shape index (κ3) is 8.88. The van der Waals surface area contributed by atoms with E-state index in [0.717, 1.165) is 11.3 Å². The Hall–Kier alpha value is -5.96. The summed E-state index contributed by atoms with van der Waals surface area (Å²) in [7, 11) is 0. The minimum Gasteiger partial charge on any atom is -0.490 e. The summed E-state index contributed by atoms with van der Waals surface area (Å²) >= 11 is 0. The van der Waals surface area contributed by atoms with Gasteiger partial charge < -0.3 is 30.5 Å². The van der Waals surface area contributed by atoms with Crippen LogP contribution in [0.1, 0.15) is 78.4 Å². The molecule has 57 heavy (non-hydrogen) atoms. The zero-order chi connectivity index (χ0) is 40.4. The van der Waals surface area contributed by atoms with E-state index in [4.69, 9.17) is 10.5 Å². The number of hydrogen-bond donors (Lipinski definition) is 3. The van der Waals surface area contributed by atoms with E-state index in [2.05, 4.69) is 25.5 Å². The van der Waals surface area contributed by atoms with Gasteiger partial charge in [0.25, 0.3) is 18.2 Å². The molecule has 13 nitrogen and oxygen atoms in total. The van der Waals surface area contributed by atoms with E-state index < -0.39 is 29.6 Å². The van der Waals surface area contributed by atoms with E-state index in [0.29, 0.717) is 85.4 Å². The van der Waals surface area contributed by atoms with Crippen LogP contribution < -0.4 is 26.0 Å². The molecule has 1 unspecified atom stereocenters. The number of fused-ring (bicyclic) bond motifs is 1. The normalized spacial score (nSPS) is 18.1. The van der Waals surface area contributed by atoms with Crippen molar-refractivity contribution in [2.45, 2.75) is 64.6 Å². The number of halogens is 2. The number of nitrogens with one attached hydrogen (secondary N) is 2. The van der Waals surface area contributed by atoms with Gasteiger partial charge in [0.15, 0.2) is 0 Å². The van der Waals surface area contributed by atoms with Crippen LogP contribution in [-0.2, 0) is 16.1 Å². The van der Waals surface area contributed by atoms with Crippen molar-refractivity contribution in [3.05, 3.63) is 95.3 Å².